The van der Waals surface area contributed by atoms with Crippen molar-refractivity contribution in [3.05, 3.63) is 47.5 Å². The van der Waals surface area contributed by atoms with Crippen LogP contribution in [0, 0.1) is 11.7 Å². The zero-order valence-electron chi connectivity index (χ0n) is 23.6. The number of nitrogens with one attached hydrogen (secondary N) is 1. The number of rotatable bonds is 8. The van der Waals surface area contributed by atoms with Gasteiger partial charge in [-0.15, -0.1) is 0 Å². The molecule has 0 radical (unpaired) electrons. The normalized spacial score (nSPS) is 18.7. The molecular formula is C29H34ClFN4O6. The summed E-state index contributed by atoms with van der Waals surface area (Å²) in [4.78, 5) is 34.3. The Balaban J connectivity index is 1.55. The summed E-state index contributed by atoms with van der Waals surface area (Å²) in [6, 6.07) is 8.08. The third-order valence-electron chi connectivity index (χ3n) is 7.00. The highest BCUT2D eigenvalue weighted by Crippen LogP contribution is 2.40. The molecule has 1 aliphatic carbocycles. The fourth-order valence-corrected chi connectivity index (χ4v) is 5.08. The summed E-state index contributed by atoms with van der Waals surface area (Å²) >= 11 is 5.94. The average molecular weight is 589 g/mol. The Morgan fingerprint density at radius 1 is 1.05 bits per heavy atom. The third kappa shape index (κ3) is 6.46. The van der Waals surface area contributed by atoms with Gasteiger partial charge < -0.3 is 30.0 Å². The Kier molecular flexibility index (Phi) is 8.89. The second-order valence-corrected chi connectivity index (χ2v) is 11.3. The minimum absolute atomic E-state index is 0.0185. The first-order chi connectivity index (χ1) is 19.4. The van der Waals surface area contributed by atoms with Crippen LogP contribution in [0.3, 0.4) is 0 Å². The van der Waals surface area contributed by atoms with Gasteiger partial charge in [-0.3, -0.25) is 0 Å². The minimum atomic E-state index is -1.93. The zero-order valence-corrected chi connectivity index (χ0v) is 24.4. The van der Waals surface area contributed by atoms with E-state index in [-0.39, 0.29) is 16.8 Å². The molecule has 4 rings (SSSR count). The van der Waals surface area contributed by atoms with Gasteiger partial charge in [0, 0.05) is 11.5 Å². The molecule has 1 fully saturated rings. The Morgan fingerprint density at radius 3 is 2.39 bits per heavy atom. The van der Waals surface area contributed by atoms with Gasteiger partial charge in [0.1, 0.15) is 17.7 Å². The average Bonchev–Trinajstić information content (AvgIpc) is 2.94. The van der Waals surface area contributed by atoms with E-state index in [1.807, 2.05) is 0 Å². The van der Waals surface area contributed by atoms with E-state index >= 15 is 0 Å². The molecule has 10 nitrogen and oxygen atoms in total. The predicted octanol–water partition coefficient (Wildman–Crippen LogP) is 5.32. The molecule has 3 aromatic rings. The second kappa shape index (κ2) is 12.0. The van der Waals surface area contributed by atoms with Crippen LogP contribution in [-0.4, -0.2) is 53.4 Å². The lowest BCUT2D eigenvalue weighted by Crippen LogP contribution is -2.63. The van der Waals surface area contributed by atoms with Crippen molar-refractivity contribution in [2.45, 2.75) is 63.7 Å². The van der Waals surface area contributed by atoms with E-state index in [1.54, 1.807) is 45.0 Å². The van der Waals surface area contributed by atoms with E-state index < -0.39 is 34.8 Å². The van der Waals surface area contributed by atoms with Crippen LogP contribution in [0.1, 0.15) is 46.5 Å². The molecule has 0 saturated heterocycles. The first-order valence-electron chi connectivity index (χ1n) is 13.2. The molecule has 1 atom stereocenters. The van der Waals surface area contributed by atoms with Crippen molar-refractivity contribution in [2.24, 2.45) is 11.7 Å². The standard InChI is InChI=1S/C29H34ClFN4O6/c1-28(2,3)41-27(37)29(32,26(36)39-5)16-9-11-17(12-10-16)40-23-13-18-21(14-22(23)38-4)33-15-34-25(18)35-20-8-6-7-19(30)24(20)31/h6-8,13-17H,9-12,32H2,1-5H3,(H,33,34,35)/t16?,17?,29-/m1/s1. The summed E-state index contributed by atoms with van der Waals surface area (Å²) in [5.41, 5.74) is 4.39. The molecule has 0 unspecified atom stereocenters. The lowest BCUT2D eigenvalue weighted by molar-refractivity contribution is -0.174. The molecule has 1 saturated carbocycles. The number of benzene rings is 2. The lowest BCUT2D eigenvalue weighted by atomic mass is 9.74. The smallest absolute Gasteiger partial charge is 0.338 e. The number of nitrogens with two attached hydrogens (primary N) is 1. The highest BCUT2D eigenvalue weighted by molar-refractivity contribution is 6.31. The summed E-state index contributed by atoms with van der Waals surface area (Å²) < 4.78 is 36.9. The fourth-order valence-electron chi connectivity index (χ4n) is 4.91. The van der Waals surface area contributed by atoms with E-state index in [0.29, 0.717) is 53.9 Å². The van der Waals surface area contributed by atoms with Gasteiger partial charge in [0.2, 0.25) is 5.54 Å². The number of fused-ring (bicyclic) bond motifs is 1. The van der Waals surface area contributed by atoms with Crippen LogP contribution in [0.4, 0.5) is 15.9 Å². The molecule has 41 heavy (non-hydrogen) atoms. The number of anilines is 2. The summed E-state index contributed by atoms with van der Waals surface area (Å²) in [6.45, 7) is 5.13. The maximum Gasteiger partial charge on any atom is 0.338 e. The van der Waals surface area contributed by atoms with E-state index in [9.17, 15) is 14.0 Å². The van der Waals surface area contributed by atoms with Gasteiger partial charge in [-0.05, 0) is 70.6 Å². The molecular weight excluding hydrogens is 555 g/mol. The number of hydrogen-bond donors (Lipinski definition) is 2. The first kappa shape index (κ1) is 30.3. The molecule has 0 aliphatic heterocycles. The molecule has 1 aliphatic rings. The third-order valence-corrected chi connectivity index (χ3v) is 7.29. The van der Waals surface area contributed by atoms with Crippen molar-refractivity contribution in [1.82, 2.24) is 9.97 Å². The van der Waals surface area contributed by atoms with Crippen LogP contribution in [0.5, 0.6) is 11.5 Å². The van der Waals surface area contributed by atoms with E-state index in [1.165, 1.54) is 26.6 Å². The Bertz CT molecular complexity index is 1440. The number of carbonyl (C=O) groups is 2. The van der Waals surface area contributed by atoms with Gasteiger partial charge in [-0.1, -0.05) is 17.7 Å². The Hall–Kier alpha value is -3.70. The molecule has 0 spiro atoms. The molecule has 3 N–H and O–H groups in total. The van der Waals surface area contributed by atoms with Crippen LogP contribution in [0.15, 0.2) is 36.7 Å². The fraction of sp³-hybridized carbons (Fsp3) is 0.448. The minimum Gasteiger partial charge on any atom is -0.493 e. The first-order valence-corrected chi connectivity index (χ1v) is 13.6. The van der Waals surface area contributed by atoms with Crippen LogP contribution in [0.2, 0.25) is 5.02 Å². The highest BCUT2D eigenvalue weighted by Gasteiger charge is 2.53. The number of methoxy groups -OCH3 is 2. The maximum atomic E-state index is 14.6. The van der Waals surface area contributed by atoms with E-state index in [2.05, 4.69) is 15.3 Å². The number of halogens is 2. The highest BCUT2D eigenvalue weighted by atomic mass is 35.5. The number of carbonyl (C=O) groups excluding carboxylic acids is 2. The summed E-state index contributed by atoms with van der Waals surface area (Å²) in [5, 5.41) is 3.54. The van der Waals surface area contributed by atoms with Gasteiger partial charge in [-0.2, -0.15) is 0 Å². The molecule has 220 valence electrons. The van der Waals surface area contributed by atoms with Gasteiger partial charge in [-0.25, -0.2) is 23.9 Å². The van der Waals surface area contributed by atoms with Crippen molar-refractivity contribution in [3.8, 4) is 11.5 Å². The molecule has 0 bridgehead atoms. The monoisotopic (exact) mass is 588 g/mol. The topological polar surface area (TPSA) is 135 Å². The number of esters is 2. The second-order valence-electron chi connectivity index (χ2n) is 10.9. The van der Waals surface area contributed by atoms with Gasteiger partial charge >= 0.3 is 11.9 Å². The van der Waals surface area contributed by atoms with Gasteiger partial charge in [0.25, 0.3) is 0 Å². The van der Waals surface area contributed by atoms with Gasteiger partial charge in [0.15, 0.2) is 17.3 Å². The van der Waals surface area contributed by atoms with Crippen LogP contribution < -0.4 is 20.5 Å². The molecule has 0 amide bonds. The Morgan fingerprint density at radius 2 is 1.76 bits per heavy atom. The summed E-state index contributed by atoms with van der Waals surface area (Å²) in [6.07, 6.45) is 2.97. The van der Waals surface area contributed by atoms with Crippen molar-refractivity contribution in [2.75, 3.05) is 19.5 Å². The molecule has 2 aromatic carbocycles. The maximum absolute atomic E-state index is 14.6. The quantitative estimate of drug-likeness (QED) is 0.263. The predicted molar refractivity (Wildman–Crippen MR) is 152 cm³/mol. The van der Waals surface area contributed by atoms with E-state index in [0.717, 1.165) is 0 Å². The lowest BCUT2D eigenvalue weighted by Gasteiger charge is -2.38. The largest absolute Gasteiger partial charge is 0.493 e. The number of aromatic nitrogens is 2. The van der Waals surface area contributed by atoms with Crippen molar-refractivity contribution < 1.29 is 32.9 Å². The Labute approximate surface area is 242 Å². The number of nitrogens with zero attached hydrogens (tertiary/aromatic N) is 2. The van der Waals surface area contributed by atoms with Crippen LogP contribution >= 0.6 is 11.6 Å². The molecule has 1 aromatic heterocycles. The number of hydrogen-bond acceptors (Lipinski definition) is 10. The zero-order chi connectivity index (χ0) is 29.9. The molecule has 12 heteroatoms. The van der Waals surface area contributed by atoms with E-state index in [4.69, 9.17) is 36.3 Å². The summed E-state index contributed by atoms with van der Waals surface area (Å²) in [7, 11) is 2.72. The summed E-state index contributed by atoms with van der Waals surface area (Å²) in [5.74, 6) is -1.49. The van der Waals surface area contributed by atoms with Crippen molar-refractivity contribution in [1.29, 1.82) is 0 Å². The SMILES string of the molecule is COC(=O)[C@@](N)(C(=O)OC(C)(C)C)C1CCC(Oc2cc3c(Nc4cccc(Cl)c4F)ncnc3cc2OC)CC1. The van der Waals surface area contributed by atoms with Gasteiger partial charge in [0.05, 0.1) is 36.6 Å². The van der Waals surface area contributed by atoms with Crippen molar-refractivity contribution in [3.63, 3.8) is 0 Å². The van der Waals surface area contributed by atoms with Crippen LogP contribution in [-0.2, 0) is 19.1 Å². The molecule has 1 heterocycles. The number of ether oxygens (including phenoxy) is 4. The van der Waals surface area contributed by atoms with Crippen molar-refractivity contribution >= 4 is 45.9 Å². The van der Waals surface area contributed by atoms with Crippen LogP contribution in [0.25, 0.3) is 10.9 Å².